The largest absolute Gasteiger partial charge is 0.384 e. The number of aromatic nitrogens is 1. The molecule has 3 aromatic carbocycles. The van der Waals surface area contributed by atoms with E-state index in [0.717, 1.165) is 16.7 Å². The molecule has 0 aliphatic rings. The third kappa shape index (κ3) is 12.2. The van der Waals surface area contributed by atoms with Gasteiger partial charge in [0.15, 0.2) is 0 Å². The summed E-state index contributed by atoms with van der Waals surface area (Å²) in [6.07, 6.45) is 3.63. The summed E-state index contributed by atoms with van der Waals surface area (Å²) in [6.45, 7) is 0.486. The molecule has 0 aliphatic carbocycles. The average Bonchev–Trinajstić information content (AvgIpc) is 3.11. The Kier molecular flexibility index (Phi) is 13.8. The van der Waals surface area contributed by atoms with E-state index in [1.807, 2.05) is 30.3 Å². The normalized spacial score (nSPS) is 12.3. The lowest BCUT2D eigenvalue weighted by Gasteiger charge is -2.27. The fourth-order valence-corrected chi connectivity index (χ4v) is 6.63. The van der Waals surface area contributed by atoms with Crippen LogP contribution in [0, 0.1) is 5.41 Å². The summed E-state index contributed by atoms with van der Waals surface area (Å²) in [4.78, 5) is 46.1. The van der Waals surface area contributed by atoms with Gasteiger partial charge in [-0.15, -0.1) is 0 Å². The van der Waals surface area contributed by atoms with Gasteiger partial charge in [0.25, 0.3) is 0 Å². The Hall–Kier alpha value is -5.40. The van der Waals surface area contributed by atoms with Gasteiger partial charge in [-0.05, 0) is 53.6 Å². The van der Waals surface area contributed by atoms with Crippen molar-refractivity contribution < 1.29 is 22.8 Å². The van der Waals surface area contributed by atoms with Crippen LogP contribution in [-0.2, 0) is 49.7 Å². The number of rotatable bonds is 18. The second-order valence-corrected chi connectivity index (χ2v) is 13.7. The predicted molar refractivity (Wildman–Crippen MR) is 192 cm³/mol. The van der Waals surface area contributed by atoms with Crippen molar-refractivity contribution in [3.05, 3.63) is 137 Å². The van der Waals surface area contributed by atoms with E-state index in [2.05, 4.69) is 20.3 Å². The van der Waals surface area contributed by atoms with Gasteiger partial charge in [-0.3, -0.25) is 24.8 Å². The number of nitrogens with zero attached hydrogens (tertiary/aromatic N) is 2. The standard InChI is InChI=1S/C37H43N7O5S/c1-44(25-29-12-15-31(16-13-29)35(38)39)37(47)33(18-19-34(45)41-24-28-8-4-2-5-9-28)42-36(46)32(17-14-27-20-22-40-23-21-27)43-50(48,49)26-30-10-6-3-7-11-30/h2-13,15-16,20-23,32-33,43H,14,17-19,24-26H2,1H3,(H3,38,39)(H,41,45)(H,42,46)/t32-,33+/m1/s1. The summed E-state index contributed by atoms with van der Waals surface area (Å²) in [6, 6.07) is 26.1. The van der Waals surface area contributed by atoms with Gasteiger partial charge >= 0.3 is 0 Å². The first-order chi connectivity index (χ1) is 24.0. The highest BCUT2D eigenvalue weighted by molar-refractivity contribution is 7.88. The number of benzene rings is 3. The number of hydrogen-bond donors (Lipinski definition) is 5. The number of nitrogens with two attached hydrogens (primary N) is 1. The van der Waals surface area contributed by atoms with Crippen molar-refractivity contribution in [3.8, 4) is 0 Å². The summed E-state index contributed by atoms with van der Waals surface area (Å²) in [5, 5.41) is 13.2. The Balaban J connectivity index is 1.51. The molecule has 2 atom stereocenters. The first-order valence-corrected chi connectivity index (χ1v) is 17.9. The SMILES string of the molecule is CN(Cc1ccc(C(=N)N)cc1)C(=O)[C@H](CCC(=O)NCc1ccccc1)NC(=O)[C@@H](CCc1ccncc1)NS(=O)(=O)Cc1ccccc1. The van der Waals surface area contributed by atoms with Gasteiger partial charge in [-0.2, -0.15) is 0 Å². The molecule has 50 heavy (non-hydrogen) atoms. The molecule has 1 heterocycles. The summed E-state index contributed by atoms with van der Waals surface area (Å²) in [5.41, 5.74) is 9.21. The van der Waals surface area contributed by atoms with E-state index in [1.165, 1.54) is 4.90 Å². The molecule has 0 aliphatic heterocycles. The van der Waals surface area contributed by atoms with Crippen LogP contribution < -0.4 is 21.1 Å². The van der Waals surface area contributed by atoms with Gasteiger partial charge in [0.2, 0.25) is 27.7 Å². The zero-order valence-corrected chi connectivity index (χ0v) is 28.7. The lowest BCUT2D eigenvalue weighted by atomic mass is 10.0. The Morgan fingerprint density at radius 3 is 2.04 bits per heavy atom. The van der Waals surface area contributed by atoms with Gasteiger partial charge in [0.1, 0.15) is 17.9 Å². The number of nitrogens with one attached hydrogen (secondary N) is 4. The number of carbonyl (C=O) groups is 3. The summed E-state index contributed by atoms with van der Waals surface area (Å²) >= 11 is 0. The highest BCUT2D eigenvalue weighted by atomic mass is 32.2. The molecule has 3 amide bonds. The quantitative estimate of drug-likeness (QED) is 0.0781. The van der Waals surface area contributed by atoms with Gasteiger partial charge in [0.05, 0.1) is 5.75 Å². The van der Waals surface area contributed by atoms with Crippen molar-refractivity contribution >= 4 is 33.6 Å². The van der Waals surface area contributed by atoms with Crippen molar-refractivity contribution in [1.29, 1.82) is 5.41 Å². The lowest BCUT2D eigenvalue weighted by Crippen LogP contribution is -2.54. The number of nitrogen functional groups attached to an aromatic ring is 1. The Morgan fingerprint density at radius 2 is 1.42 bits per heavy atom. The molecule has 0 fully saturated rings. The van der Waals surface area contributed by atoms with Crippen LogP contribution in [0.2, 0.25) is 0 Å². The van der Waals surface area contributed by atoms with Crippen LogP contribution in [0.1, 0.15) is 47.1 Å². The zero-order valence-electron chi connectivity index (χ0n) is 27.9. The Labute approximate surface area is 293 Å². The molecule has 6 N–H and O–H groups in total. The molecule has 4 rings (SSSR count). The van der Waals surface area contributed by atoms with Crippen LogP contribution in [0.5, 0.6) is 0 Å². The smallest absolute Gasteiger partial charge is 0.245 e. The lowest BCUT2D eigenvalue weighted by molar-refractivity contribution is -0.136. The highest BCUT2D eigenvalue weighted by Gasteiger charge is 2.30. The Morgan fingerprint density at radius 1 is 0.800 bits per heavy atom. The maximum Gasteiger partial charge on any atom is 0.245 e. The summed E-state index contributed by atoms with van der Waals surface area (Å²) < 4.78 is 29.1. The van der Waals surface area contributed by atoms with E-state index in [4.69, 9.17) is 11.1 Å². The van der Waals surface area contributed by atoms with Crippen molar-refractivity contribution in [2.24, 2.45) is 5.73 Å². The van der Waals surface area contributed by atoms with Crippen LogP contribution in [0.4, 0.5) is 0 Å². The number of pyridine rings is 1. The molecule has 13 heteroatoms. The van der Waals surface area contributed by atoms with E-state index in [9.17, 15) is 22.8 Å². The number of aryl methyl sites for hydroxylation is 1. The molecule has 0 spiro atoms. The third-order valence-corrected chi connectivity index (χ3v) is 9.33. The Bertz CT molecular complexity index is 1820. The first-order valence-electron chi connectivity index (χ1n) is 16.2. The highest BCUT2D eigenvalue weighted by Crippen LogP contribution is 2.13. The van der Waals surface area contributed by atoms with E-state index < -0.39 is 33.9 Å². The second-order valence-electron chi connectivity index (χ2n) is 12.0. The number of amidine groups is 1. The second kappa shape index (κ2) is 18.4. The van der Waals surface area contributed by atoms with Crippen molar-refractivity contribution in [3.63, 3.8) is 0 Å². The minimum Gasteiger partial charge on any atom is -0.384 e. The number of amides is 3. The number of hydrogen-bond acceptors (Lipinski definition) is 7. The van der Waals surface area contributed by atoms with Gasteiger partial charge in [-0.25, -0.2) is 13.1 Å². The first kappa shape index (κ1) is 37.4. The van der Waals surface area contributed by atoms with E-state index in [0.29, 0.717) is 24.1 Å². The van der Waals surface area contributed by atoms with Crippen LogP contribution >= 0.6 is 0 Å². The molecule has 262 valence electrons. The molecule has 0 unspecified atom stereocenters. The number of likely N-dealkylation sites (N-methyl/N-ethyl adjacent to an activating group) is 1. The topological polar surface area (TPSA) is 187 Å². The molecule has 1 aromatic heterocycles. The molecular weight excluding hydrogens is 655 g/mol. The summed E-state index contributed by atoms with van der Waals surface area (Å²) in [5.74, 6) is -1.85. The molecule has 0 saturated carbocycles. The van der Waals surface area contributed by atoms with E-state index in [1.54, 1.807) is 86.2 Å². The molecular formula is C37H43N7O5S. The fraction of sp³-hybridized carbons (Fsp3) is 0.270. The molecule has 4 aromatic rings. The third-order valence-electron chi connectivity index (χ3n) is 7.98. The van der Waals surface area contributed by atoms with Crippen LogP contribution in [-0.4, -0.2) is 61.0 Å². The molecule has 0 radical (unpaired) electrons. The van der Waals surface area contributed by atoms with Crippen molar-refractivity contribution in [2.75, 3.05) is 7.05 Å². The maximum absolute atomic E-state index is 13.9. The minimum absolute atomic E-state index is 0.0212. The van der Waals surface area contributed by atoms with Crippen LogP contribution in [0.3, 0.4) is 0 Å². The minimum atomic E-state index is -3.97. The van der Waals surface area contributed by atoms with Gasteiger partial charge in [-0.1, -0.05) is 84.9 Å². The molecule has 0 bridgehead atoms. The van der Waals surface area contributed by atoms with Crippen molar-refractivity contribution in [1.82, 2.24) is 25.2 Å². The van der Waals surface area contributed by atoms with Crippen LogP contribution in [0.15, 0.2) is 109 Å². The van der Waals surface area contributed by atoms with Gasteiger partial charge in [0, 0.05) is 44.5 Å². The molecule has 12 nitrogen and oxygen atoms in total. The summed E-state index contributed by atoms with van der Waals surface area (Å²) in [7, 11) is -2.39. The molecule has 0 saturated heterocycles. The van der Waals surface area contributed by atoms with Crippen molar-refractivity contribution in [2.45, 2.75) is 56.6 Å². The monoisotopic (exact) mass is 697 g/mol. The van der Waals surface area contributed by atoms with Gasteiger partial charge < -0.3 is 21.3 Å². The predicted octanol–water partition coefficient (Wildman–Crippen LogP) is 3.03. The van der Waals surface area contributed by atoms with Crippen LogP contribution in [0.25, 0.3) is 0 Å². The van der Waals surface area contributed by atoms with E-state index >= 15 is 0 Å². The van der Waals surface area contributed by atoms with E-state index in [-0.39, 0.29) is 43.3 Å². The zero-order chi connectivity index (χ0) is 35.9. The average molecular weight is 698 g/mol. The number of carbonyl (C=O) groups excluding carboxylic acids is 3. The fourth-order valence-electron chi connectivity index (χ4n) is 5.25. The maximum atomic E-state index is 13.9. The number of sulfonamides is 1.